The number of carbonyl (C=O) groups excluding carboxylic acids is 2. The Bertz CT molecular complexity index is 1070. The Morgan fingerprint density at radius 2 is 1.71 bits per heavy atom. The van der Waals surface area contributed by atoms with Gasteiger partial charge in [0, 0.05) is 53.5 Å². The fourth-order valence-corrected chi connectivity index (χ4v) is 4.29. The zero-order valence-corrected chi connectivity index (χ0v) is 17.0. The Kier molecular flexibility index (Phi) is 4.82. The Morgan fingerprint density at radius 3 is 2.32 bits per heavy atom. The second-order valence-corrected chi connectivity index (χ2v) is 8.02. The minimum atomic E-state index is -0.688. The molecule has 2 bridgehead atoms. The van der Waals surface area contributed by atoms with Crippen LogP contribution >= 0.6 is 0 Å². The summed E-state index contributed by atoms with van der Waals surface area (Å²) in [6, 6.07) is 1.95. The van der Waals surface area contributed by atoms with Gasteiger partial charge in [-0.25, -0.2) is 19.6 Å². The van der Waals surface area contributed by atoms with Crippen LogP contribution in [0, 0.1) is 12.8 Å². The van der Waals surface area contributed by atoms with Gasteiger partial charge in [0.1, 0.15) is 6.10 Å². The number of piperidine rings is 3. The number of esters is 2. The zero-order chi connectivity index (χ0) is 21.5. The van der Waals surface area contributed by atoms with Crippen molar-refractivity contribution >= 4 is 17.6 Å². The molecule has 2 aromatic rings. The van der Waals surface area contributed by atoms with Gasteiger partial charge in [0.25, 0.3) is 0 Å². The van der Waals surface area contributed by atoms with Gasteiger partial charge in [-0.2, -0.15) is 0 Å². The number of hydrogen-bond acceptors (Lipinski definition) is 9. The van der Waals surface area contributed by atoms with Crippen LogP contribution in [0.4, 0.5) is 5.69 Å². The average Bonchev–Trinajstić information content (AvgIpc) is 2.77. The summed E-state index contributed by atoms with van der Waals surface area (Å²) in [7, 11) is 0. The summed E-state index contributed by atoms with van der Waals surface area (Å²) < 4.78 is 16.9. The number of nitrogens with two attached hydrogens (primary N) is 1. The highest BCUT2D eigenvalue weighted by atomic mass is 16.6. The van der Waals surface area contributed by atoms with Gasteiger partial charge in [-0.15, -0.1) is 0 Å². The number of benzene rings is 1. The standard InChI is InChI=1S/C22H22N4O5/c1-12-16(23)8-15(21-20(12)30-18(27)2-3-19(28)31-21)14-9-24-22(25-10-14)29-17-11-26-6-4-13(17)5-7-26/h2-3,8-10,13,17H,4-7,11,23H2,1H3/b3-2+. The Hall–Kier alpha value is -3.46. The van der Waals surface area contributed by atoms with Gasteiger partial charge < -0.3 is 19.9 Å². The first-order valence-corrected chi connectivity index (χ1v) is 10.2. The van der Waals surface area contributed by atoms with Crippen molar-refractivity contribution in [3.05, 3.63) is 36.2 Å². The highest BCUT2D eigenvalue weighted by Gasteiger charge is 2.36. The smallest absolute Gasteiger partial charge is 0.336 e. The second-order valence-electron chi connectivity index (χ2n) is 8.02. The van der Waals surface area contributed by atoms with Gasteiger partial charge in [0.05, 0.1) is 0 Å². The number of ether oxygens (including phenoxy) is 3. The summed E-state index contributed by atoms with van der Waals surface area (Å²) in [6.45, 7) is 4.84. The fraction of sp³-hybridized carbons (Fsp3) is 0.364. The van der Waals surface area contributed by atoms with Gasteiger partial charge >= 0.3 is 17.9 Å². The molecule has 0 aliphatic carbocycles. The highest BCUT2D eigenvalue weighted by molar-refractivity contribution is 5.97. The number of hydrogen-bond donors (Lipinski definition) is 1. The Morgan fingerprint density at radius 1 is 1.06 bits per heavy atom. The molecular weight excluding hydrogens is 400 g/mol. The molecule has 0 radical (unpaired) electrons. The maximum atomic E-state index is 12.1. The normalized spacial score (nSPS) is 25.6. The quantitative estimate of drug-likeness (QED) is 0.449. The van der Waals surface area contributed by atoms with Crippen molar-refractivity contribution < 1.29 is 23.8 Å². The van der Waals surface area contributed by atoms with E-state index < -0.39 is 11.9 Å². The molecule has 4 aliphatic rings. The number of carbonyl (C=O) groups is 2. The van der Waals surface area contributed by atoms with E-state index in [1.807, 2.05) is 0 Å². The summed E-state index contributed by atoms with van der Waals surface area (Å²) >= 11 is 0. The molecular formula is C22H22N4O5. The number of aromatic nitrogens is 2. The SMILES string of the molecule is Cc1c(N)cc(-c2cnc(OC3CN4CCC3CC4)nc2)c2c1OC(=O)/C=C/C(=O)O2. The number of fused-ring (bicyclic) bond motifs is 4. The average molecular weight is 422 g/mol. The lowest BCUT2D eigenvalue weighted by Crippen LogP contribution is -2.52. The first kappa shape index (κ1) is 19.5. The topological polar surface area (TPSA) is 117 Å². The van der Waals surface area contributed by atoms with Crippen LogP contribution in [0.15, 0.2) is 30.6 Å². The lowest BCUT2D eigenvalue weighted by Gasteiger charge is -2.43. The summed E-state index contributed by atoms with van der Waals surface area (Å²) in [5.41, 5.74) is 8.00. The minimum Gasteiger partial charge on any atom is -0.458 e. The Labute approximate surface area is 178 Å². The van der Waals surface area contributed by atoms with Crippen LogP contribution in [0.2, 0.25) is 0 Å². The first-order chi connectivity index (χ1) is 15.0. The largest absolute Gasteiger partial charge is 0.458 e. The Balaban J connectivity index is 1.46. The molecule has 160 valence electrons. The van der Waals surface area contributed by atoms with Gasteiger partial charge in [-0.05, 0) is 44.8 Å². The number of nitrogen functional groups attached to an aromatic ring is 1. The van der Waals surface area contributed by atoms with Crippen LogP contribution in [0.3, 0.4) is 0 Å². The predicted molar refractivity (Wildman–Crippen MR) is 111 cm³/mol. The van der Waals surface area contributed by atoms with E-state index in [-0.39, 0.29) is 17.6 Å². The predicted octanol–water partition coefficient (Wildman–Crippen LogP) is 1.89. The van der Waals surface area contributed by atoms with Crippen LogP contribution in [-0.4, -0.2) is 52.5 Å². The van der Waals surface area contributed by atoms with Crippen molar-refractivity contribution in [2.24, 2.45) is 5.92 Å². The lowest BCUT2D eigenvalue weighted by molar-refractivity contribution is -0.133. The number of rotatable bonds is 3. The molecule has 0 saturated carbocycles. The van der Waals surface area contributed by atoms with E-state index in [9.17, 15) is 9.59 Å². The maximum Gasteiger partial charge on any atom is 0.336 e. The molecule has 5 heterocycles. The van der Waals surface area contributed by atoms with E-state index in [1.165, 1.54) is 0 Å². The van der Waals surface area contributed by atoms with Crippen molar-refractivity contribution in [2.45, 2.75) is 25.9 Å². The molecule has 1 unspecified atom stereocenters. The molecule has 31 heavy (non-hydrogen) atoms. The monoisotopic (exact) mass is 422 g/mol. The summed E-state index contributed by atoms with van der Waals surface area (Å²) in [5, 5.41) is 0. The molecule has 1 aromatic carbocycles. The highest BCUT2D eigenvalue weighted by Crippen LogP contribution is 2.44. The first-order valence-electron chi connectivity index (χ1n) is 10.2. The third kappa shape index (κ3) is 3.72. The van der Waals surface area contributed by atoms with Crippen LogP contribution in [0.1, 0.15) is 18.4 Å². The molecule has 2 N–H and O–H groups in total. The zero-order valence-electron chi connectivity index (χ0n) is 17.0. The second kappa shape index (κ2) is 7.66. The van der Waals surface area contributed by atoms with Crippen molar-refractivity contribution in [1.29, 1.82) is 0 Å². The summed E-state index contributed by atoms with van der Waals surface area (Å²) in [4.78, 5) is 35.1. The molecule has 0 spiro atoms. The van der Waals surface area contributed by atoms with E-state index in [1.54, 1.807) is 25.4 Å². The van der Waals surface area contributed by atoms with Crippen molar-refractivity contribution in [1.82, 2.24) is 14.9 Å². The van der Waals surface area contributed by atoms with Gasteiger partial charge in [0.15, 0.2) is 11.5 Å². The van der Waals surface area contributed by atoms with Crippen molar-refractivity contribution in [2.75, 3.05) is 25.4 Å². The van der Waals surface area contributed by atoms with Crippen molar-refractivity contribution in [3.8, 4) is 28.6 Å². The van der Waals surface area contributed by atoms with Gasteiger partial charge in [0.2, 0.25) is 0 Å². The van der Waals surface area contributed by atoms with E-state index in [0.717, 1.165) is 44.6 Å². The maximum absolute atomic E-state index is 12.1. The molecule has 3 saturated heterocycles. The van der Waals surface area contributed by atoms with E-state index in [0.29, 0.717) is 34.3 Å². The van der Waals surface area contributed by atoms with Gasteiger partial charge in [-0.3, -0.25) is 4.90 Å². The molecule has 9 nitrogen and oxygen atoms in total. The molecule has 0 amide bonds. The van der Waals surface area contributed by atoms with E-state index >= 15 is 0 Å². The number of anilines is 1. The van der Waals surface area contributed by atoms with Crippen LogP contribution < -0.4 is 19.9 Å². The molecule has 1 aromatic heterocycles. The third-order valence-electron chi connectivity index (χ3n) is 6.08. The van der Waals surface area contributed by atoms with Crippen molar-refractivity contribution in [3.63, 3.8) is 0 Å². The molecule has 6 rings (SSSR count). The summed E-state index contributed by atoms with van der Waals surface area (Å²) in [5.74, 6) is -0.636. The molecule has 3 fully saturated rings. The number of nitrogens with zero attached hydrogens (tertiary/aromatic N) is 3. The fourth-order valence-electron chi connectivity index (χ4n) is 4.29. The third-order valence-corrected chi connectivity index (χ3v) is 6.08. The van der Waals surface area contributed by atoms with Crippen LogP contribution in [-0.2, 0) is 9.59 Å². The molecule has 9 heteroatoms. The van der Waals surface area contributed by atoms with Crippen LogP contribution in [0.25, 0.3) is 11.1 Å². The molecule has 4 aliphatic heterocycles. The minimum absolute atomic E-state index is 0.0931. The van der Waals surface area contributed by atoms with Crippen LogP contribution in [0.5, 0.6) is 17.5 Å². The lowest BCUT2D eigenvalue weighted by atomic mass is 9.86. The van der Waals surface area contributed by atoms with E-state index in [2.05, 4.69) is 14.9 Å². The van der Waals surface area contributed by atoms with E-state index in [4.69, 9.17) is 19.9 Å². The van der Waals surface area contributed by atoms with Gasteiger partial charge in [-0.1, -0.05) is 0 Å². The summed E-state index contributed by atoms with van der Waals surface area (Å²) in [6.07, 6.45) is 7.55. The molecule has 1 atom stereocenters.